The minimum Gasteiger partial charge on any atom is -0.490 e. The topological polar surface area (TPSA) is 21.3 Å². The van der Waals surface area contributed by atoms with Crippen LogP contribution < -0.4 is 10.1 Å². The predicted octanol–water partition coefficient (Wildman–Crippen LogP) is 4.11. The van der Waals surface area contributed by atoms with E-state index in [9.17, 15) is 0 Å². The smallest absolute Gasteiger partial charge is 0.124 e. The van der Waals surface area contributed by atoms with E-state index in [2.05, 4.69) is 17.5 Å². The van der Waals surface area contributed by atoms with Gasteiger partial charge in [0.05, 0.1) is 0 Å². The molecule has 19 heavy (non-hydrogen) atoms. The van der Waals surface area contributed by atoms with Gasteiger partial charge in [0.15, 0.2) is 0 Å². The van der Waals surface area contributed by atoms with Crippen LogP contribution in [0.15, 0.2) is 30.4 Å². The molecule has 0 spiro atoms. The highest BCUT2D eigenvalue weighted by molar-refractivity contribution is 6.30. The molecule has 0 fully saturated rings. The van der Waals surface area contributed by atoms with Gasteiger partial charge < -0.3 is 10.1 Å². The monoisotopic (exact) mass is 277 g/mol. The molecular weight excluding hydrogens is 258 g/mol. The molecule has 1 N–H and O–H groups in total. The third-order valence-corrected chi connectivity index (χ3v) is 4.51. The summed E-state index contributed by atoms with van der Waals surface area (Å²) in [6, 6.07) is 6.29. The molecule has 2 aliphatic rings. The van der Waals surface area contributed by atoms with Gasteiger partial charge in [-0.05, 0) is 50.4 Å². The minimum atomic E-state index is 0.316. The molecule has 3 rings (SSSR count). The summed E-state index contributed by atoms with van der Waals surface area (Å²) in [5, 5.41) is 4.18. The summed E-state index contributed by atoms with van der Waals surface area (Å²) >= 11 is 6.09. The first-order chi connectivity index (χ1) is 9.28. The molecule has 3 atom stereocenters. The maximum Gasteiger partial charge on any atom is 0.124 e. The molecule has 1 aromatic rings. The van der Waals surface area contributed by atoms with E-state index in [0.717, 1.165) is 23.6 Å². The zero-order chi connectivity index (χ0) is 13.2. The van der Waals surface area contributed by atoms with Gasteiger partial charge in [-0.25, -0.2) is 0 Å². The molecule has 0 bridgehead atoms. The first kappa shape index (κ1) is 13.0. The molecule has 0 amide bonds. The molecule has 1 aliphatic carbocycles. The Hall–Kier alpha value is -0.990. The highest BCUT2D eigenvalue weighted by atomic mass is 35.5. The van der Waals surface area contributed by atoms with Gasteiger partial charge in [-0.3, -0.25) is 0 Å². The van der Waals surface area contributed by atoms with Crippen LogP contribution in [0, 0.1) is 5.92 Å². The maximum absolute atomic E-state index is 6.23. The molecule has 1 heterocycles. The van der Waals surface area contributed by atoms with Gasteiger partial charge in [-0.1, -0.05) is 23.8 Å². The van der Waals surface area contributed by atoms with Crippen molar-refractivity contribution in [2.45, 2.75) is 37.8 Å². The lowest BCUT2D eigenvalue weighted by Crippen LogP contribution is -2.36. The number of benzene rings is 1. The van der Waals surface area contributed by atoms with Gasteiger partial charge >= 0.3 is 0 Å². The fourth-order valence-corrected chi connectivity index (χ4v) is 3.37. The first-order valence-electron chi connectivity index (χ1n) is 7.06. The lowest BCUT2D eigenvalue weighted by atomic mass is 9.83. The van der Waals surface area contributed by atoms with Gasteiger partial charge in [0.25, 0.3) is 0 Å². The number of rotatable bonds is 2. The fraction of sp³-hybridized carbons (Fsp3) is 0.500. The Morgan fingerprint density at radius 2 is 2.21 bits per heavy atom. The lowest BCUT2D eigenvalue weighted by molar-refractivity contribution is 0.0888. The second kappa shape index (κ2) is 5.56. The molecule has 0 radical (unpaired) electrons. The standard InChI is InChI=1S/C16H20ClNO/c1-18-14-10-16(11-5-3-2-4-6-11)19-15-8-7-12(17)9-13(14)15/h2-3,7-9,11,14,16,18H,4-6,10H2,1H3. The molecular formula is C16H20ClNO. The predicted molar refractivity (Wildman–Crippen MR) is 78.8 cm³/mol. The van der Waals surface area contributed by atoms with Crippen molar-refractivity contribution in [3.63, 3.8) is 0 Å². The van der Waals surface area contributed by atoms with Gasteiger partial charge in [-0.15, -0.1) is 0 Å². The highest BCUT2D eigenvalue weighted by Gasteiger charge is 2.32. The van der Waals surface area contributed by atoms with Crippen LogP contribution in [0.2, 0.25) is 5.02 Å². The van der Waals surface area contributed by atoms with E-state index in [4.69, 9.17) is 16.3 Å². The van der Waals surface area contributed by atoms with E-state index < -0.39 is 0 Å². The summed E-state index contributed by atoms with van der Waals surface area (Å²) < 4.78 is 6.23. The normalized spacial score (nSPS) is 29.7. The Kier molecular flexibility index (Phi) is 3.81. The van der Waals surface area contributed by atoms with Crippen LogP contribution in [0.1, 0.15) is 37.3 Å². The Morgan fingerprint density at radius 1 is 1.32 bits per heavy atom. The molecule has 2 nitrogen and oxygen atoms in total. The minimum absolute atomic E-state index is 0.316. The van der Waals surface area contributed by atoms with Crippen molar-refractivity contribution < 1.29 is 4.74 Å². The molecule has 0 saturated carbocycles. The molecule has 1 aromatic carbocycles. The Labute approximate surface area is 119 Å². The number of hydrogen-bond donors (Lipinski definition) is 1. The zero-order valence-corrected chi connectivity index (χ0v) is 12.0. The third kappa shape index (κ3) is 2.65. The average molecular weight is 278 g/mol. The van der Waals surface area contributed by atoms with Crippen LogP contribution in [0.25, 0.3) is 0 Å². The number of hydrogen-bond acceptors (Lipinski definition) is 2. The second-order valence-electron chi connectivity index (χ2n) is 5.46. The van der Waals surface area contributed by atoms with Crippen LogP contribution >= 0.6 is 11.6 Å². The van der Waals surface area contributed by atoms with Crippen molar-refractivity contribution in [1.29, 1.82) is 0 Å². The number of fused-ring (bicyclic) bond motifs is 1. The van der Waals surface area contributed by atoms with E-state index in [0.29, 0.717) is 18.1 Å². The van der Waals surface area contributed by atoms with Gasteiger partial charge in [-0.2, -0.15) is 0 Å². The largest absolute Gasteiger partial charge is 0.490 e. The van der Waals surface area contributed by atoms with Crippen molar-refractivity contribution in [2.75, 3.05) is 7.05 Å². The Bertz CT molecular complexity index is 486. The number of nitrogens with one attached hydrogen (secondary N) is 1. The summed E-state index contributed by atoms with van der Waals surface area (Å²) in [7, 11) is 2.01. The summed E-state index contributed by atoms with van der Waals surface area (Å²) in [6.07, 6.45) is 9.48. The molecule has 3 unspecified atom stereocenters. The van der Waals surface area contributed by atoms with Gasteiger partial charge in [0.1, 0.15) is 11.9 Å². The Balaban J connectivity index is 1.85. The van der Waals surface area contributed by atoms with Crippen LogP contribution in [-0.2, 0) is 0 Å². The highest BCUT2D eigenvalue weighted by Crippen LogP contribution is 2.40. The lowest BCUT2D eigenvalue weighted by Gasteiger charge is -2.37. The van der Waals surface area contributed by atoms with Crippen molar-refractivity contribution in [3.8, 4) is 5.75 Å². The fourth-order valence-electron chi connectivity index (χ4n) is 3.19. The number of halogens is 1. The number of ether oxygens (including phenoxy) is 1. The van der Waals surface area contributed by atoms with Crippen molar-refractivity contribution in [1.82, 2.24) is 5.32 Å². The summed E-state index contributed by atoms with van der Waals surface area (Å²) in [5.74, 6) is 1.64. The summed E-state index contributed by atoms with van der Waals surface area (Å²) in [5.41, 5.74) is 1.19. The average Bonchev–Trinajstić information content (AvgIpc) is 2.47. The van der Waals surface area contributed by atoms with E-state index in [1.54, 1.807) is 0 Å². The Morgan fingerprint density at radius 3 is 2.95 bits per heavy atom. The molecule has 3 heteroatoms. The van der Waals surface area contributed by atoms with E-state index in [1.807, 2.05) is 25.2 Å². The van der Waals surface area contributed by atoms with E-state index in [-0.39, 0.29) is 0 Å². The molecule has 102 valence electrons. The number of allylic oxidation sites excluding steroid dienone is 2. The van der Waals surface area contributed by atoms with Gasteiger partial charge in [0, 0.05) is 23.0 Å². The quantitative estimate of drug-likeness (QED) is 0.822. The van der Waals surface area contributed by atoms with Crippen LogP contribution in [0.4, 0.5) is 0 Å². The summed E-state index contributed by atoms with van der Waals surface area (Å²) in [6.45, 7) is 0. The summed E-state index contributed by atoms with van der Waals surface area (Å²) in [4.78, 5) is 0. The second-order valence-corrected chi connectivity index (χ2v) is 5.90. The SMILES string of the molecule is CNC1CC(C2CC=CCC2)Oc2ccc(Cl)cc21. The first-order valence-corrected chi connectivity index (χ1v) is 7.44. The van der Waals surface area contributed by atoms with Gasteiger partial charge in [0.2, 0.25) is 0 Å². The van der Waals surface area contributed by atoms with Crippen LogP contribution in [-0.4, -0.2) is 13.2 Å². The van der Waals surface area contributed by atoms with Crippen LogP contribution in [0.5, 0.6) is 5.75 Å². The van der Waals surface area contributed by atoms with Crippen molar-refractivity contribution in [2.24, 2.45) is 5.92 Å². The van der Waals surface area contributed by atoms with E-state index >= 15 is 0 Å². The van der Waals surface area contributed by atoms with Crippen LogP contribution in [0.3, 0.4) is 0 Å². The maximum atomic E-state index is 6.23. The van der Waals surface area contributed by atoms with E-state index in [1.165, 1.54) is 18.4 Å². The molecule has 1 aliphatic heterocycles. The third-order valence-electron chi connectivity index (χ3n) is 4.28. The van der Waals surface area contributed by atoms with Crippen molar-refractivity contribution >= 4 is 11.6 Å². The molecule has 0 aromatic heterocycles. The zero-order valence-electron chi connectivity index (χ0n) is 11.2. The molecule has 0 saturated heterocycles. The van der Waals surface area contributed by atoms with Crippen molar-refractivity contribution in [3.05, 3.63) is 40.9 Å².